The van der Waals surface area contributed by atoms with Crippen LogP contribution in [-0.4, -0.2) is 36.7 Å². The van der Waals surface area contributed by atoms with E-state index in [2.05, 4.69) is 9.97 Å². The number of phenols is 1. The molecule has 10 nitrogen and oxygen atoms in total. The molecule has 0 aliphatic carbocycles. The second-order valence-corrected chi connectivity index (χ2v) is 6.61. The summed E-state index contributed by atoms with van der Waals surface area (Å²) in [6.07, 6.45) is 1.33. The fourth-order valence-corrected chi connectivity index (χ4v) is 3.10. The summed E-state index contributed by atoms with van der Waals surface area (Å²) in [6, 6.07) is 4.40. The Kier molecular flexibility index (Phi) is 5.71. The number of aromatic nitrogens is 4. The van der Waals surface area contributed by atoms with Crippen LogP contribution in [0.1, 0.15) is 26.7 Å². The highest BCUT2D eigenvalue weighted by Crippen LogP contribution is 2.31. The standard InChI is InChI=1S/C19H23N5O5/c1-3-7-23-17-15(18(27)24(8-4-2)19(23)28)21-16(22-17)12-6-5-11(9-13(12)25)29-10-14(20)26/h5-6,9,25H,3-4,7-8,10H2,1-2H3,(H2,20,26)(H,21,22). The van der Waals surface area contributed by atoms with Gasteiger partial charge in [0.05, 0.1) is 5.56 Å². The number of primary amides is 1. The minimum Gasteiger partial charge on any atom is -0.507 e. The summed E-state index contributed by atoms with van der Waals surface area (Å²) in [5.41, 5.74) is 4.97. The zero-order valence-electron chi connectivity index (χ0n) is 16.3. The summed E-state index contributed by atoms with van der Waals surface area (Å²) >= 11 is 0. The van der Waals surface area contributed by atoms with Crippen LogP contribution in [-0.2, 0) is 17.9 Å². The number of fused-ring (bicyclic) bond motifs is 1. The first-order valence-electron chi connectivity index (χ1n) is 9.35. The van der Waals surface area contributed by atoms with Crippen LogP contribution in [0.4, 0.5) is 0 Å². The van der Waals surface area contributed by atoms with Crippen molar-refractivity contribution < 1.29 is 14.6 Å². The normalized spacial score (nSPS) is 11.1. The molecule has 1 amide bonds. The minimum atomic E-state index is -0.636. The van der Waals surface area contributed by atoms with Crippen LogP contribution in [0.15, 0.2) is 27.8 Å². The lowest BCUT2D eigenvalue weighted by atomic mass is 10.2. The van der Waals surface area contributed by atoms with Gasteiger partial charge in [-0.05, 0) is 25.0 Å². The predicted molar refractivity (Wildman–Crippen MR) is 107 cm³/mol. The maximum absolute atomic E-state index is 12.8. The summed E-state index contributed by atoms with van der Waals surface area (Å²) in [7, 11) is 0. The predicted octanol–water partition coefficient (Wildman–Crippen LogP) is 0.943. The Hall–Kier alpha value is -3.56. The van der Waals surface area contributed by atoms with Gasteiger partial charge in [0.1, 0.15) is 22.8 Å². The molecule has 0 fully saturated rings. The zero-order valence-corrected chi connectivity index (χ0v) is 16.3. The first-order valence-corrected chi connectivity index (χ1v) is 9.35. The number of aromatic hydroxyl groups is 1. The summed E-state index contributed by atoms with van der Waals surface area (Å²) in [5, 5.41) is 10.4. The topological polar surface area (TPSA) is 145 Å². The molecular formula is C19H23N5O5. The van der Waals surface area contributed by atoms with Crippen molar-refractivity contribution >= 4 is 17.1 Å². The van der Waals surface area contributed by atoms with Crippen molar-refractivity contribution in [3.63, 3.8) is 0 Å². The molecule has 10 heteroatoms. The lowest BCUT2D eigenvalue weighted by Gasteiger charge is -2.09. The number of ether oxygens (including phenoxy) is 1. The molecule has 1 aromatic carbocycles. The number of hydrogen-bond acceptors (Lipinski definition) is 6. The lowest BCUT2D eigenvalue weighted by Crippen LogP contribution is -2.40. The number of imidazole rings is 1. The largest absolute Gasteiger partial charge is 0.507 e. The summed E-state index contributed by atoms with van der Waals surface area (Å²) in [5.74, 6) is -0.295. The van der Waals surface area contributed by atoms with E-state index >= 15 is 0 Å². The molecule has 0 spiro atoms. The van der Waals surface area contributed by atoms with Gasteiger partial charge in [-0.25, -0.2) is 9.78 Å². The number of carbonyl (C=O) groups is 1. The maximum atomic E-state index is 12.8. The molecule has 2 heterocycles. The van der Waals surface area contributed by atoms with Gasteiger partial charge in [-0.1, -0.05) is 13.8 Å². The van der Waals surface area contributed by atoms with Gasteiger partial charge in [0.2, 0.25) is 0 Å². The van der Waals surface area contributed by atoms with Crippen molar-refractivity contribution in [1.29, 1.82) is 0 Å². The van der Waals surface area contributed by atoms with Crippen LogP contribution in [0.25, 0.3) is 22.6 Å². The quantitative estimate of drug-likeness (QED) is 0.512. The average molecular weight is 401 g/mol. The Morgan fingerprint density at radius 1 is 1.21 bits per heavy atom. The monoisotopic (exact) mass is 401 g/mol. The maximum Gasteiger partial charge on any atom is 0.332 e. The Balaban J connectivity index is 2.13. The minimum absolute atomic E-state index is 0.163. The molecule has 0 radical (unpaired) electrons. The summed E-state index contributed by atoms with van der Waals surface area (Å²) in [6.45, 7) is 4.22. The lowest BCUT2D eigenvalue weighted by molar-refractivity contribution is -0.119. The van der Waals surface area contributed by atoms with E-state index in [4.69, 9.17) is 10.5 Å². The molecule has 0 unspecified atom stereocenters. The summed E-state index contributed by atoms with van der Waals surface area (Å²) < 4.78 is 7.82. The fourth-order valence-electron chi connectivity index (χ4n) is 3.10. The highest BCUT2D eigenvalue weighted by atomic mass is 16.5. The molecule has 0 aliphatic heterocycles. The third-order valence-corrected chi connectivity index (χ3v) is 4.36. The number of H-pyrrole nitrogens is 1. The van der Waals surface area contributed by atoms with Gasteiger partial charge < -0.3 is 20.6 Å². The van der Waals surface area contributed by atoms with Crippen molar-refractivity contribution in [3.8, 4) is 22.9 Å². The van der Waals surface area contributed by atoms with E-state index in [1.54, 1.807) is 6.07 Å². The van der Waals surface area contributed by atoms with Crippen LogP contribution < -0.4 is 21.7 Å². The number of nitrogens with zero attached hydrogens (tertiary/aromatic N) is 3. The zero-order chi connectivity index (χ0) is 21.1. The Morgan fingerprint density at radius 3 is 2.52 bits per heavy atom. The number of phenolic OH excluding ortho intramolecular Hbond substituents is 1. The number of amides is 1. The number of hydrogen-bond donors (Lipinski definition) is 3. The van der Waals surface area contributed by atoms with Crippen LogP contribution >= 0.6 is 0 Å². The molecule has 154 valence electrons. The van der Waals surface area contributed by atoms with E-state index in [-0.39, 0.29) is 35.1 Å². The molecule has 4 N–H and O–H groups in total. The van der Waals surface area contributed by atoms with Crippen LogP contribution in [0.3, 0.4) is 0 Å². The highest BCUT2D eigenvalue weighted by molar-refractivity contribution is 5.78. The van der Waals surface area contributed by atoms with Crippen molar-refractivity contribution in [2.45, 2.75) is 39.8 Å². The Labute approximate surface area is 165 Å². The Bertz CT molecular complexity index is 1170. The van der Waals surface area contributed by atoms with E-state index in [9.17, 15) is 19.5 Å². The first-order chi connectivity index (χ1) is 13.9. The second-order valence-electron chi connectivity index (χ2n) is 6.61. The number of aryl methyl sites for hydroxylation is 1. The third-order valence-electron chi connectivity index (χ3n) is 4.36. The molecule has 0 bridgehead atoms. The van der Waals surface area contributed by atoms with Gasteiger partial charge in [-0.2, -0.15) is 0 Å². The molecule has 0 saturated heterocycles. The number of aromatic amines is 1. The number of nitrogens with two attached hydrogens (primary N) is 1. The number of nitrogens with one attached hydrogen (secondary N) is 1. The molecule has 3 aromatic rings. The molecule has 3 rings (SSSR count). The molecule has 0 aliphatic rings. The van der Waals surface area contributed by atoms with Crippen LogP contribution in [0, 0.1) is 0 Å². The van der Waals surface area contributed by atoms with E-state index in [0.29, 0.717) is 31.5 Å². The van der Waals surface area contributed by atoms with Crippen LogP contribution in [0.2, 0.25) is 0 Å². The van der Waals surface area contributed by atoms with Crippen molar-refractivity contribution in [1.82, 2.24) is 19.1 Å². The van der Waals surface area contributed by atoms with E-state index in [1.165, 1.54) is 21.3 Å². The number of rotatable bonds is 8. The van der Waals surface area contributed by atoms with E-state index in [1.807, 2.05) is 13.8 Å². The highest BCUT2D eigenvalue weighted by Gasteiger charge is 2.19. The van der Waals surface area contributed by atoms with Gasteiger partial charge in [0, 0.05) is 19.2 Å². The number of benzene rings is 1. The second kappa shape index (κ2) is 8.21. The smallest absolute Gasteiger partial charge is 0.332 e. The van der Waals surface area contributed by atoms with Gasteiger partial charge in [0.15, 0.2) is 12.3 Å². The van der Waals surface area contributed by atoms with Gasteiger partial charge in [-0.3, -0.25) is 18.7 Å². The van der Waals surface area contributed by atoms with Gasteiger partial charge in [0.25, 0.3) is 11.5 Å². The SMILES string of the molecule is CCCn1c(=O)c2[nH]c(-c3ccc(OCC(N)=O)cc3O)nc2n(CCC)c1=O. The molecule has 2 aromatic heterocycles. The molecule has 0 saturated carbocycles. The Morgan fingerprint density at radius 2 is 1.90 bits per heavy atom. The van der Waals surface area contributed by atoms with Gasteiger partial charge in [-0.15, -0.1) is 0 Å². The summed E-state index contributed by atoms with van der Waals surface area (Å²) in [4.78, 5) is 43.7. The van der Waals surface area contributed by atoms with Crippen molar-refractivity contribution in [2.75, 3.05) is 6.61 Å². The van der Waals surface area contributed by atoms with Gasteiger partial charge >= 0.3 is 5.69 Å². The van der Waals surface area contributed by atoms with Crippen molar-refractivity contribution in [2.24, 2.45) is 5.73 Å². The number of carbonyl (C=O) groups excluding carboxylic acids is 1. The van der Waals surface area contributed by atoms with Crippen molar-refractivity contribution in [3.05, 3.63) is 39.0 Å². The van der Waals surface area contributed by atoms with Crippen LogP contribution in [0.5, 0.6) is 11.5 Å². The fraction of sp³-hybridized carbons (Fsp3) is 0.368. The van der Waals surface area contributed by atoms with E-state index in [0.717, 1.165) is 0 Å². The first kappa shape index (κ1) is 20.2. The molecule has 29 heavy (non-hydrogen) atoms. The average Bonchev–Trinajstić information content (AvgIpc) is 3.12. The molecule has 0 atom stereocenters. The molecular weight excluding hydrogens is 378 g/mol. The van der Waals surface area contributed by atoms with E-state index < -0.39 is 17.2 Å². The third kappa shape index (κ3) is 3.86.